The first-order valence-corrected chi connectivity index (χ1v) is 3.18. The van der Waals surface area contributed by atoms with Crippen LogP contribution in [0.1, 0.15) is 10.5 Å². The highest BCUT2D eigenvalue weighted by molar-refractivity contribution is 6.30. The van der Waals surface area contributed by atoms with Crippen LogP contribution in [-0.4, -0.2) is 16.1 Å². The van der Waals surface area contributed by atoms with Crippen molar-refractivity contribution in [1.82, 2.24) is 10.5 Å². The third-order valence-electron chi connectivity index (χ3n) is 1.06. The summed E-state index contributed by atoms with van der Waals surface area (Å²) in [5, 5.41) is 8.63. The summed E-state index contributed by atoms with van der Waals surface area (Å²) in [7, 11) is 0. The van der Waals surface area contributed by atoms with Crippen molar-refractivity contribution in [1.29, 1.82) is 0 Å². The number of pyridine rings is 1. The topological polar surface area (TPSA) is 62.2 Å². The Kier molecular flexibility index (Phi) is 2.40. The fourth-order valence-corrected chi connectivity index (χ4v) is 0.679. The van der Waals surface area contributed by atoms with Gasteiger partial charge in [-0.25, -0.2) is 10.5 Å². The minimum absolute atomic E-state index is 0.122. The number of carbonyl (C=O) groups excluding carboxylic acids is 1. The summed E-state index contributed by atoms with van der Waals surface area (Å²) in [4.78, 5) is 14.3. The summed E-state index contributed by atoms with van der Waals surface area (Å²) in [5.41, 5.74) is 1.58. The highest BCUT2D eigenvalue weighted by atomic mass is 35.5. The van der Waals surface area contributed by atoms with E-state index in [-0.39, 0.29) is 5.69 Å². The number of carbonyl (C=O) groups is 1. The number of nitrogens with zero attached hydrogens (tertiary/aromatic N) is 1. The van der Waals surface area contributed by atoms with Gasteiger partial charge < -0.3 is 0 Å². The number of hydrogen-bond acceptors (Lipinski definition) is 3. The number of halogens is 1. The maximum Gasteiger partial charge on any atom is 0.293 e. The predicted molar refractivity (Wildman–Crippen MR) is 38.5 cm³/mol. The molecule has 1 amide bonds. The van der Waals surface area contributed by atoms with Gasteiger partial charge in [0.2, 0.25) is 0 Å². The first-order valence-electron chi connectivity index (χ1n) is 2.80. The second kappa shape index (κ2) is 3.32. The summed E-state index contributed by atoms with van der Waals surface area (Å²) >= 11 is 5.50. The number of nitrogens with one attached hydrogen (secondary N) is 1. The summed E-state index contributed by atoms with van der Waals surface area (Å²) in [6.45, 7) is 0. The average Bonchev–Trinajstić information content (AvgIpc) is 2.05. The van der Waals surface area contributed by atoms with Gasteiger partial charge in [-0.15, -0.1) is 0 Å². The quantitative estimate of drug-likeness (QED) is 0.488. The number of amides is 1. The Morgan fingerprint density at radius 2 is 2.36 bits per heavy atom. The molecule has 2 N–H and O–H groups in total. The third-order valence-corrected chi connectivity index (χ3v) is 1.29. The van der Waals surface area contributed by atoms with Gasteiger partial charge in [-0.2, -0.15) is 0 Å². The summed E-state index contributed by atoms with van der Waals surface area (Å²) < 4.78 is 0. The zero-order chi connectivity index (χ0) is 8.27. The smallest absolute Gasteiger partial charge is 0.288 e. The summed E-state index contributed by atoms with van der Waals surface area (Å²) in [6.07, 6.45) is 1.33. The lowest BCUT2D eigenvalue weighted by Crippen LogP contribution is -2.19. The van der Waals surface area contributed by atoms with E-state index in [0.29, 0.717) is 5.02 Å². The van der Waals surface area contributed by atoms with E-state index < -0.39 is 5.91 Å². The molecule has 5 heteroatoms. The van der Waals surface area contributed by atoms with Crippen molar-refractivity contribution in [2.75, 3.05) is 0 Å². The molecule has 0 aliphatic heterocycles. The molecule has 1 rings (SSSR count). The number of aromatic nitrogens is 1. The van der Waals surface area contributed by atoms with Gasteiger partial charge in [0.15, 0.2) is 0 Å². The van der Waals surface area contributed by atoms with Gasteiger partial charge in [0.25, 0.3) is 5.91 Å². The van der Waals surface area contributed by atoms with Gasteiger partial charge >= 0.3 is 0 Å². The SMILES string of the molecule is O=C(NO)c1ccc(Cl)cn1. The lowest BCUT2D eigenvalue weighted by Gasteiger charge is -1.95. The average molecular weight is 173 g/mol. The van der Waals surface area contributed by atoms with E-state index in [2.05, 4.69) is 4.98 Å². The fourth-order valence-electron chi connectivity index (χ4n) is 0.567. The van der Waals surface area contributed by atoms with Crippen LogP contribution in [0.15, 0.2) is 18.3 Å². The highest BCUT2D eigenvalue weighted by Gasteiger charge is 2.03. The van der Waals surface area contributed by atoms with Crippen molar-refractivity contribution in [3.05, 3.63) is 29.0 Å². The lowest BCUT2D eigenvalue weighted by molar-refractivity contribution is 0.0701. The second-order valence-corrected chi connectivity index (χ2v) is 2.24. The van der Waals surface area contributed by atoms with Crippen LogP contribution in [-0.2, 0) is 0 Å². The van der Waals surface area contributed by atoms with Crippen LogP contribution in [0.2, 0.25) is 5.02 Å². The molecule has 0 aromatic carbocycles. The lowest BCUT2D eigenvalue weighted by atomic mass is 10.3. The molecule has 11 heavy (non-hydrogen) atoms. The Hall–Kier alpha value is -1.13. The van der Waals surface area contributed by atoms with Gasteiger partial charge in [0, 0.05) is 6.20 Å². The van der Waals surface area contributed by atoms with Crippen LogP contribution in [0.3, 0.4) is 0 Å². The Bertz CT molecular complexity index is 260. The van der Waals surface area contributed by atoms with Gasteiger partial charge in [0.1, 0.15) is 5.69 Å². The van der Waals surface area contributed by atoms with E-state index in [4.69, 9.17) is 16.8 Å². The molecule has 0 aliphatic carbocycles. The van der Waals surface area contributed by atoms with Crippen molar-refractivity contribution >= 4 is 17.5 Å². The van der Waals surface area contributed by atoms with Crippen LogP contribution in [0.25, 0.3) is 0 Å². The largest absolute Gasteiger partial charge is 0.293 e. The number of rotatable bonds is 1. The van der Waals surface area contributed by atoms with Gasteiger partial charge in [-0.3, -0.25) is 10.0 Å². The molecule has 0 fully saturated rings. The van der Waals surface area contributed by atoms with Crippen molar-refractivity contribution in [3.63, 3.8) is 0 Å². The van der Waals surface area contributed by atoms with Crippen LogP contribution in [0, 0.1) is 0 Å². The highest BCUT2D eigenvalue weighted by Crippen LogP contribution is 2.05. The molecular weight excluding hydrogens is 168 g/mol. The molecule has 1 aromatic rings. The van der Waals surface area contributed by atoms with Crippen molar-refractivity contribution in [3.8, 4) is 0 Å². The molecule has 0 aliphatic rings. The Labute approximate surface area is 67.8 Å². The van der Waals surface area contributed by atoms with Crippen LogP contribution in [0.5, 0.6) is 0 Å². The summed E-state index contributed by atoms with van der Waals surface area (Å²) in [5.74, 6) is -0.651. The first kappa shape index (κ1) is 7.97. The Morgan fingerprint density at radius 1 is 1.64 bits per heavy atom. The van der Waals surface area contributed by atoms with Crippen LogP contribution < -0.4 is 5.48 Å². The maximum atomic E-state index is 10.7. The molecule has 1 aromatic heterocycles. The standard InChI is InChI=1S/C6H5ClN2O2/c7-4-1-2-5(8-3-4)6(10)9-11/h1-3,11H,(H,9,10). The van der Waals surface area contributed by atoms with Crippen molar-refractivity contribution in [2.45, 2.75) is 0 Å². The van der Waals surface area contributed by atoms with Crippen LogP contribution >= 0.6 is 11.6 Å². The molecule has 0 radical (unpaired) electrons. The normalized spacial score (nSPS) is 9.27. The fraction of sp³-hybridized carbons (Fsp3) is 0. The van der Waals surface area contributed by atoms with Crippen LogP contribution in [0.4, 0.5) is 0 Å². The molecule has 0 atom stereocenters. The Morgan fingerprint density at radius 3 is 2.82 bits per heavy atom. The van der Waals surface area contributed by atoms with Gasteiger partial charge in [-0.05, 0) is 12.1 Å². The van der Waals surface area contributed by atoms with E-state index in [0.717, 1.165) is 0 Å². The van der Waals surface area contributed by atoms with Gasteiger partial charge in [-0.1, -0.05) is 11.6 Å². The van der Waals surface area contributed by atoms with E-state index in [1.807, 2.05) is 0 Å². The molecule has 1 heterocycles. The molecule has 0 unspecified atom stereocenters. The second-order valence-electron chi connectivity index (χ2n) is 1.80. The number of hydrogen-bond donors (Lipinski definition) is 2. The molecule has 0 spiro atoms. The predicted octanol–water partition coefficient (Wildman–Crippen LogP) is 0.854. The monoisotopic (exact) mass is 172 g/mol. The van der Waals surface area contributed by atoms with E-state index in [1.165, 1.54) is 23.8 Å². The molecule has 0 saturated heterocycles. The molecule has 4 nitrogen and oxygen atoms in total. The third kappa shape index (κ3) is 1.89. The number of hydroxylamine groups is 1. The molecule has 0 saturated carbocycles. The molecule has 0 bridgehead atoms. The minimum Gasteiger partial charge on any atom is -0.288 e. The van der Waals surface area contributed by atoms with E-state index >= 15 is 0 Å². The summed E-state index contributed by atoms with van der Waals surface area (Å²) in [6, 6.07) is 2.92. The Balaban J connectivity index is 2.90. The zero-order valence-corrected chi connectivity index (χ0v) is 6.17. The maximum absolute atomic E-state index is 10.7. The van der Waals surface area contributed by atoms with Crippen molar-refractivity contribution < 1.29 is 10.0 Å². The van der Waals surface area contributed by atoms with Crippen molar-refractivity contribution in [2.24, 2.45) is 0 Å². The minimum atomic E-state index is -0.651. The molecular formula is C6H5ClN2O2. The van der Waals surface area contributed by atoms with E-state index in [9.17, 15) is 4.79 Å². The first-order chi connectivity index (χ1) is 5.24. The van der Waals surface area contributed by atoms with Gasteiger partial charge in [0.05, 0.1) is 5.02 Å². The zero-order valence-electron chi connectivity index (χ0n) is 5.41. The molecule has 58 valence electrons. The van der Waals surface area contributed by atoms with E-state index in [1.54, 1.807) is 0 Å².